The van der Waals surface area contributed by atoms with Crippen LogP contribution in [0, 0.1) is 20.8 Å². The largest absolute Gasteiger partial charge is 0.376 e. The third-order valence-corrected chi connectivity index (χ3v) is 5.93. The molecule has 0 bridgehead atoms. The number of carbonyl (C=O) groups is 1. The van der Waals surface area contributed by atoms with E-state index in [-0.39, 0.29) is 12.0 Å². The molecule has 1 unspecified atom stereocenters. The highest BCUT2D eigenvalue weighted by Gasteiger charge is 2.27. The van der Waals surface area contributed by atoms with Crippen LogP contribution in [0.5, 0.6) is 0 Å². The van der Waals surface area contributed by atoms with E-state index >= 15 is 0 Å². The molecule has 0 radical (unpaired) electrons. The van der Waals surface area contributed by atoms with E-state index in [1.807, 2.05) is 36.9 Å². The van der Waals surface area contributed by atoms with E-state index in [0.717, 1.165) is 45.9 Å². The Balaban J connectivity index is 1.73. The van der Waals surface area contributed by atoms with E-state index in [2.05, 4.69) is 25.1 Å². The van der Waals surface area contributed by atoms with Gasteiger partial charge < -0.3 is 4.74 Å². The maximum atomic E-state index is 13.4. The number of ether oxygens (including phenoxy) is 1. The van der Waals surface area contributed by atoms with Crippen LogP contribution in [0.3, 0.4) is 0 Å². The van der Waals surface area contributed by atoms with Gasteiger partial charge in [-0.2, -0.15) is 0 Å². The molecular weight excluding hydrogens is 356 g/mol. The molecule has 0 N–H and O–H groups in total. The number of benzene rings is 2. The van der Waals surface area contributed by atoms with Gasteiger partial charge in [0.1, 0.15) is 0 Å². The number of hydrogen-bond acceptors (Lipinski definition) is 4. The normalized spacial score (nSPS) is 16.8. The molecule has 140 valence electrons. The van der Waals surface area contributed by atoms with Crippen LogP contribution >= 0.6 is 11.3 Å². The Hall–Kier alpha value is -2.24. The summed E-state index contributed by atoms with van der Waals surface area (Å²) >= 11 is 1.57. The quantitative estimate of drug-likeness (QED) is 0.636. The second-order valence-electron chi connectivity index (χ2n) is 7.39. The van der Waals surface area contributed by atoms with Crippen LogP contribution in [0.4, 0.5) is 5.13 Å². The first-order chi connectivity index (χ1) is 13.0. The summed E-state index contributed by atoms with van der Waals surface area (Å²) in [5, 5.41) is 0.746. The van der Waals surface area contributed by atoms with Gasteiger partial charge in [0.15, 0.2) is 5.13 Å². The zero-order chi connectivity index (χ0) is 19.0. The minimum Gasteiger partial charge on any atom is -0.376 e. The minimum atomic E-state index is -0.00641. The van der Waals surface area contributed by atoms with Gasteiger partial charge in [-0.05, 0) is 63.4 Å². The standard InChI is InChI=1S/C22H24N2O2S/c1-14-6-7-19-20(12-14)27-22(23-19)24(13-18-5-4-8-26-18)21(25)17-10-15(2)9-16(3)11-17/h6-7,9-12,18H,4-5,8,13H2,1-3H3. The molecule has 2 heterocycles. The number of thiazole rings is 1. The smallest absolute Gasteiger partial charge is 0.260 e. The van der Waals surface area contributed by atoms with Crippen molar-refractivity contribution in [3.05, 3.63) is 58.7 Å². The molecule has 5 heteroatoms. The first-order valence-electron chi connectivity index (χ1n) is 9.38. The summed E-state index contributed by atoms with van der Waals surface area (Å²) in [5.41, 5.74) is 5.03. The van der Waals surface area contributed by atoms with Crippen LogP contribution in [0.2, 0.25) is 0 Å². The number of hydrogen-bond donors (Lipinski definition) is 0. The van der Waals surface area contributed by atoms with Crippen LogP contribution < -0.4 is 4.90 Å². The monoisotopic (exact) mass is 380 g/mol. The van der Waals surface area contributed by atoms with E-state index in [9.17, 15) is 4.79 Å². The maximum Gasteiger partial charge on any atom is 0.260 e. The van der Waals surface area contributed by atoms with Crippen LogP contribution in [-0.4, -0.2) is 30.1 Å². The van der Waals surface area contributed by atoms with Crippen LogP contribution in [0.1, 0.15) is 39.9 Å². The summed E-state index contributed by atoms with van der Waals surface area (Å²) < 4.78 is 6.92. The molecule has 1 saturated heterocycles. The predicted molar refractivity (Wildman–Crippen MR) is 111 cm³/mol. The van der Waals surface area contributed by atoms with Gasteiger partial charge in [0.2, 0.25) is 0 Å². The summed E-state index contributed by atoms with van der Waals surface area (Å²) in [6.07, 6.45) is 2.12. The van der Waals surface area contributed by atoms with Crippen molar-refractivity contribution < 1.29 is 9.53 Å². The lowest BCUT2D eigenvalue weighted by molar-refractivity contribution is 0.0917. The summed E-state index contributed by atoms with van der Waals surface area (Å²) in [6, 6.07) is 12.2. The lowest BCUT2D eigenvalue weighted by Gasteiger charge is -2.23. The van der Waals surface area contributed by atoms with Gasteiger partial charge in [-0.25, -0.2) is 4.98 Å². The van der Waals surface area contributed by atoms with E-state index < -0.39 is 0 Å². The molecule has 2 aromatic carbocycles. The number of fused-ring (bicyclic) bond motifs is 1. The summed E-state index contributed by atoms with van der Waals surface area (Å²) in [7, 11) is 0. The summed E-state index contributed by atoms with van der Waals surface area (Å²) in [5.74, 6) is -0.00641. The Kier molecular flexibility index (Phi) is 4.98. The fourth-order valence-corrected chi connectivity index (χ4v) is 4.70. The Bertz CT molecular complexity index is 969. The molecule has 1 fully saturated rings. The SMILES string of the molecule is Cc1cc(C)cc(C(=O)N(CC2CCCO2)c2nc3ccc(C)cc3s2)c1. The Labute approximate surface area is 163 Å². The van der Waals surface area contributed by atoms with Crippen molar-refractivity contribution in [1.82, 2.24) is 4.98 Å². The lowest BCUT2D eigenvalue weighted by Crippen LogP contribution is -2.37. The van der Waals surface area contributed by atoms with E-state index in [1.165, 1.54) is 5.56 Å². The van der Waals surface area contributed by atoms with Crippen LogP contribution in [0.15, 0.2) is 36.4 Å². The minimum absolute atomic E-state index is 0.00641. The van der Waals surface area contributed by atoms with Crippen molar-refractivity contribution in [2.24, 2.45) is 0 Å². The van der Waals surface area contributed by atoms with Gasteiger partial charge in [0, 0.05) is 12.2 Å². The molecular formula is C22H24N2O2S. The third kappa shape index (κ3) is 3.89. The van der Waals surface area contributed by atoms with Crippen molar-refractivity contribution in [3.63, 3.8) is 0 Å². The number of nitrogens with zero attached hydrogens (tertiary/aromatic N) is 2. The first-order valence-corrected chi connectivity index (χ1v) is 10.2. The molecule has 1 atom stereocenters. The van der Waals surface area contributed by atoms with Crippen molar-refractivity contribution in [3.8, 4) is 0 Å². The van der Waals surface area contributed by atoms with Gasteiger partial charge in [-0.1, -0.05) is 34.6 Å². The number of carbonyl (C=O) groups excluding carboxylic acids is 1. The fourth-order valence-electron chi connectivity index (χ4n) is 3.63. The highest BCUT2D eigenvalue weighted by molar-refractivity contribution is 7.22. The molecule has 1 aliphatic rings. The van der Waals surface area contributed by atoms with Crippen molar-refractivity contribution >= 4 is 32.6 Å². The second-order valence-corrected chi connectivity index (χ2v) is 8.40. The first kappa shape index (κ1) is 18.1. The molecule has 0 aliphatic carbocycles. The molecule has 3 aromatic rings. The van der Waals surface area contributed by atoms with Crippen molar-refractivity contribution in [2.75, 3.05) is 18.1 Å². The van der Waals surface area contributed by atoms with Crippen molar-refractivity contribution in [2.45, 2.75) is 39.7 Å². The predicted octanol–water partition coefficient (Wildman–Crippen LogP) is 5.05. The lowest BCUT2D eigenvalue weighted by atomic mass is 10.1. The van der Waals surface area contributed by atoms with E-state index in [4.69, 9.17) is 9.72 Å². The number of rotatable bonds is 4. The zero-order valence-corrected chi connectivity index (χ0v) is 16.8. The molecule has 0 spiro atoms. The number of amides is 1. The topological polar surface area (TPSA) is 42.4 Å². The average molecular weight is 381 g/mol. The highest BCUT2D eigenvalue weighted by Crippen LogP contribution is 2.31. The molecule has 1 aliphatic heterocycles. The second kappa shape index (κ2) is 7.41. The number of aromatic nitrogens is 1. The number of anilines is 1. The van der Waals surface area contributed by atoms with Crippen LogP contribution in [-0.2, 0) is 4.74 Å². The molecule has 4 nitrogen and oxygen atoms in total. The summed E-state index contributed by atoms with van der Waals surface area (Å²) in [4.78, 5) is 20.0. The van der Waals surface area contributed by atoms with Crippen LogP contribution in [0.25, 0.3) is 10.2 Å². The Morgan fingerprint density at radius 2 is 1.93 bits per heavy atom. The molecule has 4 rings (SSSR count). The van der Waals surface area contributed by atoms with Gasteiger partial charge >= 0.3 is 0 Å². The Morgan fingerprint density at radius 1 is 1.15 bits per heavy atom. The van der Waals surface area contributed by atoms with E-state index in [0.29, 0.717) is 12.1 Å². The molecule has 1 aromatic heterocycles. The highest BCUT2D eigenvalue weighted by atomic mass is 32.1. The zero-order valence-electron chi connectivity index (χ0n) is 16.0. The van der Waals surface area contributed by atoms with Gasteiger partial charge in [0.25, 0.3) is 5.91 Å². The fraction of sp³-hybridized carbons (Fsp3) is 0.364. The van der Waals surface area contributed by atoms with Crippen molar-refractivity contribution in [1.29, 1.82) is 0 Å². The summed E-state index contributed by atoms with van der Waals surface area (Å²) in [6.45, 7) is 7.44. The Morgan fingerprint density at radius 3 is 2.63 bits per heavy atom. The van der Waals surface area contributed by atoms with Gasteiger partial charge in [0.05, 0.1) is 22.9 Å². The molecule has 27 heavy (non-hydrogen) atoms. The average Bonchev–Trinajstić information content (AvgIpc) is 3.27. The van der Waals surface area contributed by atoms with Gasteiger partial charge in [-0.3, -0.25) is 9.69 Å². The van der Waals surface area contributed by atoms with E-state index in [1.54, 1.807) is 11.3 Å². The van der Waals surface area contributed by atoms with Gasteiger partial charge in [-0.15, -0.1) is 0 Å². The maximum absolute atomic E-state index is 13.4. The molecule has 1 amide bonds. The third-order valence-electron chi connectivity index (χ3n) is 4.89. The molecule has 0 saturated carbocycles. The number of aryl methyl sites for hydroxylation is 3.